The maximum absolute atomic E-state index is 12.0. The molecule has 2 heterocycles. The SMILES string of the molecule is COc1ccccc1-c1nnc(NC(=O)CSc2nnc(N)s2)s1. The zero-order chi connectivity index (χ0) is 16.9. The van der Waals surface area contributed by atoms with Gasteiger partial charge in [-0.2, -0.15) is 0 Å². The van der Waals surface area contributed by atoms with Crippen LogP contribution in [0.2, 0.25) is 0 Å². The Labute approximate surface area is 149 Å². The number of methoxy groups -OCH3 is 1. The molecular weight excluding hydrogens is 368 g/mol. The molecule has 0 fully saturated rings. The minimum Gasteiger partial charge on any atom is -0.496 e. The third kappa shape index (κ3) is 3.99. The Morgan fingerprint density at radius 3 is 2.83 bits per heavy atom. The van der Waals surface area contributed by atoms with E-state index in [0.717, 1.165) is 5.56 Å². The number of aromatic nitrogens is 4. The lowest BCUT2D eigenvalue weighted by Crippen LogP contribution is -2.13. The van der Waals surface area contributed by atoms with Crippen molar-refractivity contribution in [2.45, 2.75) is 4.34 Å². The van der Waals surface area contributed by atoms with Crippen LogP contribution in [0.3, 0.4) is 0 Å². The number of thioether (sulfide) groups is 1. The molecule has 0 saturated heterocycles. The second kappa shape index (κ2) is 7.55. The maximum atomic E-state index is 12.0. The topological polar surface area (TPSA) is 116 Å². The second-order valence-corrected chi connectivity index (χ2v) is 7.56. The average molecular weight is 380 g/mol. The van der Waals surface area contributed by atoms with Crippen molar-refractivity contribution in [2.75, 3.05) is 23.9 Å². The number of hydrogen-bond acceptors (Lipinski definition) is 10. The van der Waals surface area contributed by atoms with Crippen LogP contribution in [-0.2, 0) is 4.79 Å². The Balaban J connectivity index is 1.62. The molecule has 1 amide bonds. The van der Waals surface area contributed by atoms with Crippen molar-refractivity contribution < 1.29 is 9.53 Å². The molecule has 1 aromatic carbocycles. The molecule has 0 bridgehead atoms. The monoisotopic (exact) mass is 380 g/mol. The number of amides is 1. The molecule has 3 rings (SSSR count). The number of ether oxygens (including phenoxy) is 1. The molecule has 0 saturated carbocycles. The quantitative estimate of drug-likeness (QED) is 0.626. The van der Waals surface area contributed by atoms with Crippen molar-refractivity contribution in [3.05, 3.63) is 24.3 Å². The summed E-state index contributed by atoms with van der Waals surface area (Å²) in [7, 11) is 1.60. The van der Waals surface area contributed by atoms with Gasteiger partial charge in [-0.3, -0.25) is 10.1 Å². The van der Waals surface area contributed by atoms with E-state index in [1.54, 1.807) is 7.11 Å². The number of nitrogens with one attached hydrogen (secondary N) is 1. The van der Waals surface area contributed by atoms with Gasteiger partial charge in [0.05, 0.1) is 18.4 Å². The molecule has 0 atom stereocenters. The van der Waals surface area contributed by atoms with Gasteiger partial charge in [0.15, 0.2) is 9.35 Å². The van der Waals surface area contributed by atoms with E-state index in [2.05, 4.69) is 25.7 Å². The number of carbonyl (C=O) groups excluding carboxylic acids is 1. The van der Waals surface area contributed by atoms with Gasteiger partial charge in [-0.15, -0.1) is 20.4 Å². The summed E-state index contributed by atoms with van der Waals surface area (Å²) in [6, 6.07) is 7.51. The first-order valence-electron chi connectivity index (χ1n) is 6.64. The van der Waals surface area contributed by atoms with Gasteiger partial charge in [0, 0.05) is 0 Å². The number of para-hydroxylation sites is 1. The van der Waals surface area contributed by atoms with E-state index in [0.29, 0.717) is 25.4 Å². The summed E-state index contributed by atoms with van der Waals surface area (Å²) in [6.07, 6.45) is 0. The molecule has 0 spiro atoms. The lowest BCUT2D eigenvalue weighted by Gasteiger charge is -2.03. The van der Waals surface area contributed by atoms with E-state index in [-0.39, 0.29) is 11.7 Å². The van der Waals surface area contributed by atoms with Crippen molar-refractivity contribution in [2.24, 2.45) is 0 Å². The normalized spacial score (nSPS) is 10.5. The Hall–Kier alpha value is -2.24. The van der Waals surface area contributed by atoms with Crippen LogP contribution >= 0.6 is 34.4 Å². The van der Waals surface area contributed by atoms with Gasteiger partial charge in [0.25, 0.3) is 0 Å². The molecule has 124 valence electrons. The fraction of sp³-hybridized carbons (Fsp3) is 0.154. The zero-order valence-electron chi connectivity index (χ0n) is 12.4. The number of hydrogen-bond donors (Lipinski definition) is 2. The smallest absolute Gasteiger partial charge is 0.236 e. The highest BCUT2D eigenvalue weighted by Gasteiger charge is 2.13. The second-order valence-electron chi connectivity index (χ2n) is 4.36. The van der Waals surface area contributed by atoms with Crippen LogP contribution in [0.1, 0.15) is 0 Å². The third-order valence-electron chi connectivity index (χ3n) is 2.76. The highest BCUT2D eigenvalue weighted by Crippen LogP contribution is 2.33. The summed E-state index contributed by atoms with van der Waals surface area (Å²) in [5, 5.41) is 19.8. The molecule has 3 aromatic rings. The molecule has 3 N–H and O–H groups in total. The summed E-state index contributed by atoms with van der Waals surface area (Å²) in [5.74, 6) is 0.700. The van der Waals surface area contributed by atoms with Gasteiger partial charge in [-0.1, -0.05) is 46.6 Å². The molecule has 0 radical (unpaired) electrons. The van der Waals surface area contributed by atoms with E-state index in [1.807, 2.05) is 24.3 Å². The van der Waals surface area contributed by atoms with E-state index >= 15 is 0 Å². The Morgan fingerprint density at radius 1 is 1.25 bits per heavy atom. The molecule has 8 nitrogen and oxygen atoms in total. The van der Waals surface area contributed by atoms with Crippen molar-refractivity contribution in [1.29, 1.82) is 0 Å². The number of nitrogens with two attached hydrogens (primary N) is 1. The molecule has 24 heavy (non-hydrogen) atoms. The van der Waals surface area contributed by atoms with Gasteiger partial charge in [-0.25, -0.2) is 0 Å². The molecule has 0 aliphatic heterocycles. The molecule has 0 aliphatic rings. The van der Waals surface area contributed by atoms with Crippen LogP contribution in [0.4, 0.5) is 10.3 Å². The van der Waals surface area contributed by atoms with E-state index in [9.17, 15) is 4.79 Å². The number of anilines is 2. The minimum absolute atomic E-state index is 0.193. The summed E-state index contributed by atoms with van der Waals surface area (Å²) in [6.45, 7) is 0. The first-order chi connectivity index (χ1) is 11.7. The molecule has 2 aromatic heterocycles. The van der Waals surface area contributed by atoms with Gasteiger partial charge < -0.3 is 10.5 Å². The fourth-order valence-corrected chi connectivity index (χ4v) is 3.99. The Kier molecular flexibility index (Phi) is 5.23. The third-order valence-corrected chi connectivity index (χ3v) is 5.52. The number of nitrogens with zero attached hydrogens (tertiary/aromatic N) is 4. The van der Waals surface area contributed by atoms with Crippen molar-refractivity contribution in [1.82, 2.24) is 20.4 Å². The van der Waals surface area contributed by atoms with Gasteiger partial charge >= 0.3 is 0 Å². The van der Waals surface area contributed by atoms with Crippen LogP contribution < -0.4 is 15.8 Å². The molecular formula is C13H12N6O2S3. The Bertz CT molecular complexity index is 850. The van der Waals surface area contributed by atoms with Crippen LogP contribution in [0.5, 0.6) is 5.75 Å². The standard InChI is InChI=1S/C13H12N6O2S3/c1-21-8-5-3-2-4-7(8)10-16-18-12(23-10)15-9(20)6-22-13-19-17-11(14)24-13/h2-5H,6H2,1H3,(H2,14,17)(H,15,18,20). The lowest BCUT2D eigenvalue weighted by atomic mass is 10.2. The first-order valence-corrected chi connectivity index (χ1v) is 9.26. The number of nitrogen functional groups attached to an aromatic ring is 1. The predicted molar refractivity (Wildman–Crippen MR) is 95.6 cm³/mol. The van der Waals surface area contributed by atoms with Crippen molar-refractivity contribution in [3.63, 3.8) is 0 Å². The van der Waals surface area contributed by atoms with Gasteiger partial charge in [0.2, 0.25) is 16.2 Å². The maximum Gasteiger partial charge on any atom is 0.236 e. The molecule has 0 unspecified atom stereocenters. The summed E-state index contributed by atoms with van der Waals surface area (Å²) >= 11 is 3.79. The van der Waals surface area contributed by atoms with E-state index < -0.39 is 0 Å². The van der Waals surface area contributed by atoms with E-state index in [1.165, 1.54) is 34.4 Å². The highest BCUT2D eigenvalue weighted by atomic mass is 32.2. The summed E-state index contributed by atoms with van der Waals surface area (Å²) in [4.78, 5) is 12.0. The Morgan fingerprint density at radius 2 is 2.08 bits per heavy atom. The van der Waals surface area contributed by atoms with Crippen LogP contribution in [-0.4, -0.2) is 39.2 Å². The lowest BCUT2D eigenvalue weighted by molar-refractivity contribution is -0.113. The van der Waals surface area contributed by atoms with Crippen LogP contribution in [0.25, 0.3) is 10.6 Å². The van der Waals surface area contributed by atoms with Crippen molar-refractivity contribution >= 4 is 50.6 Å². The highest BCUT2D eigenvalue weighted by molar-refractivity contribution is 8.01. The molecule has 11 heteroatoms. The van der Waals surface area contributed by atoms with Crippen LogP contribution in [0, 0.1) is 0 Å². The van der Waals surface area contributed by atoms with Crippen molar-refractivity contribution in [3.8, 4) is 16.3 Å². The first kappa shape index (κ1) is 16.6. The summed E-state index contributed by atoms with van der Waals surface area (Å²) < 4.78 is 5.95. The van der Waals surface area contributed by atoms with Gasteiger partial charge in [0.1, 0.15) is 5.75 Å². The number of carbonyl (C=O) groups is 1. The fourth-order valence-electron chi connectivity index (χ4n) is 1.77. The molecule has 0 aliphatic carbocycles. The number of rotatable bonds is 6. The zero-order valence-corrected chi connectivity index (χ0v) is 14.9. The van der Waals surface area contributed by atoms with E-state index in [4.69, 9.17) is 10.5 Å². The number of benzene rings is 1. The summed E-state index contributed by atoms with van der Waals surface area (Å²) in [5.41, 5.74) is 6.32. The minimum atomic E-state index is -0.198. The predicted octanol–water partition coefficient (Wildman–Crippen LogP) is 2.38. The van der Waals surface area contributed by atoms with Gasteiger partial charge in [-0.05, 0) is 12.1 Å². The average Bonchev–Trinajstić information content (AvgIpc) is 3.22. The largest absolute Gasteiger partial charge is 0.496 e. The van der Waals surface area contributed by atoms with Crippen LogP contribution in [0.15, 0.2) is 28.6 Å².